The lowest BCUT2D eigenvalue weighted by Gasteiger charge is -2.19. The van der Waals surface area contributed by atoms with Crippen LogP contribution in [-0.4, -0.2) is 40.4 Å². The normalized spacial score (nSPS) is 10.7. The smallest absolute Gasteiger partial charge is 0.434 e. The number of carbonyl (C=O) groups is 1. The molecule has 0 atom stereocenters. The zero-order valence-electron chi connectivity index (χ0n) is 15.3. The van der Waals surface area contributed by atoms with Gasteiger partial charge in [-0.15, -0.1) is 0 Å². The van der Waals surface area contributed by atoms with Crippen LogP contribution in [0.3, 0.4) is 0 Å². The average molecular weight is 353 g/mol. The Morgan fingerprint density at radius 2 is 1.85 bits per heavy atom. The van der Waals surface area contributed by atoms with Gasteiger partial charge in [-0.3, -0.25) is 4.98 Å². The van der Waals surface area contributed by atoms with Gasteiger partial charge < -0.3 is 14.5 Å². The highest BCUT2D eigenvalue weighted by Crippen LogP contribution is 2.28. The van der Waals surface area contributed by atoms with E-state index >= 15 is 0 Å². The highest BCUT2D eigenvalue weighted by atomic mass is 16.7. The summed E-state index contributed by atoms with van der Waals surface area (Å²) in [5.41, 5.74) is 2.46. The summed E-state index contributed by atoms with van der Waals surface area (Å²) in [6.07, 6.45) is 3.03. The third-order valence-electron chi connectivity index (χ3n) is 4.21. The fourth-order valence-electron chi connectivity index (χ4n) is 2.83. The van der Waals surface area contributed by atoms with Crippen LogP contribution < -0.4 is 9.57 Å². The molecule has 26 heavy (non-hydrogen) atoms. The van der Waals surface area contributed by atoms with Crippen LogP contribution in [0, 0.1) is 0 Å². The summed E-state index contributed by atoms with van der Waals surface area (Å²) in [7, 11) is 0. The van der Waals surface area contributed by atoms with E-state index in [1.807, 2.05) is 57.2 Å². The number of hydrogen-bond donors (Lipinski definition) is 0. The topological polar surface area (TPSA) is 56.6 Å². The second kappa shape index (κ2) is 7.91. The fourth-order valence-corrected chi connectivity index (χ4v) is 2.83. The first kappa shape index (κ1) is 17.8. The van der Waals surface area contributed by atoms with Gasteiger partial charge in [0.1, 0.15) is 11.3 Å². The molecule has 0 N–H and O–H groups in total. The van der Waals surface area contributed by atoms with Crippen molar-refractivity contribution >= 4 is 17.0 Å². The number of amides is 1. The third kappa shape index (κ3) is 3.49. The molecule has 1 aromatic carbocycles. The SMILES string of the molecule is CCOc1ccc(-c2cc3ccncc3n2OC(=O)N(CC)CC)cc1. The van der Waals surface area contributed by atoms with E-state index in [9.17, 15) is 4.79 Å². The number of benzene rings is 1. The molecule has 3 rings (SSSR count). The molecule has 3 aromatic rings. The maximum Gasteiger partial charge on any atom is 0.434 e. The Balaban J connectivity index is 2.03. The first-order chi connectivity index (χ1) is 12.7. The molecule has 1 amide bonds. The molecule has 0 unspecified atom stereocenters. The van der Waals surface area contributed by atoms with Crippen molar-refractivity contribution in [3.63, 3.8) is 0 Å². The van der Waals surface area contributed by atoms with Crippen molar-refractivity contribution in [2.45, 2.75) is 20.8 Å². The van der Waals surface area contributed by atoms with E-state index in [1.54, 1.807) is 22.0 Å². The first-order valence-corrected chi connectivity index (χ1v) is 8.83. The molecule has 0 spiro atoms. The molecule has 0 aliphatic heterocycles. The van der Waals surface area contributed by atoms with Gasteiger partial charge in [-0.1, -0.05) is 0 Å². The molecule has 136 valence electrons. The Morgan fingerprint density at radius 3 is 2.50 bits per heavy atom. The highest BCUT2D eigenvalue weighted by Gasteiger charge is 2.18. The number of rotatable bonds is 6. The Morgan fingerprint density at radius 1 is 1.12 bits per heavy atom. The van der Waals surface area contributed by atoms with Crippen LogP contribution in [0.2, 0.25) is 0 Å². The summed E-state index contributed by atoms with van der Waals surface area (Å²) in [6.45, 7) is 7.59. The minimum atomic E-state index is -0.386. The van der Waals surface area contributed by atoms with Gasteiger partial charge in [0.25, 0.3) is 0 Å². The van der Waals surface area contributed by atoms with E-state index in [-0.39, 0.29) is 6.09 Å². The van der Waals surface area contributed by atoms with E-state index in [4.69, 9.17) is 9.57 Å². The monoisotopic (exact) mass is 353 g/mol. The predicted molar refractivity (Wildman–Crippen MR) is 101 cm³/mol. The molecule has 0 saturated heterocycles. The van der Waals surface area contributed by atoms with E-state index in [0.29, 0.717) is 19.7 Å². The number of carbonyl (C=O) groups excluding carboxylic acids is 1. The van der Waals surface area contributed by atoms with Crippen molar-refractivity contribution in [3.8, 4) is 17.0 Å². The van der Waals surface area contributed by atoms with Crippen LogP contribution in [0.5, 0.6) is 5.75 Å². The van der Waals surface area contributed by atoms with E-state index in [0.717, 1.165) is 27.9 Å². The summed E-state index contributed by atoms with van der Waals surface area (Å²) in [4.78, 5) is 24.0. The summed E-state index contributed by atoms with van der Waals surface area (Å²) in [5.74, 6) is 0.806. The van der Waals surface area contributed by atoms with Gasteiger partial charge in [-0.2, -0.15) is 4.73 Å². The molecule has 0 fully saturated rings. The lowest BCUT2D eigenvalue weighted by molar-refractivity contribution is 0.102. The number of fused-ring (bicyclic) bond motifs is 1. The van der Waals surface area contributed by atoms with E-state index in [2.05, 4.69) is 4.98 Å². The van der Waals surface area contributed by atoms with Crippen LogP contribution in [0.25, 0.3) is 22.2 Å². The van der Waals surface area contributed by atoms with Gasteiger partial charge in [0.05, 0.1) is 18.5 Å². The van der Waals surface area contributed by atoms with Crippen molar-refractivity contribution in [2.75, 3.05) is 19.7 Å². The number of aromatic nitrogens is 2. The van der Waals surface area contributed by atoms with Gasteiger partial charge in [0.15, 0.2) is 0 Å². The van der Waals surface area contributed by atoms with Crippen molar-refractivity contribution in [2.24, 2.45) is 0 Å². The van der Waals surface area contributed by atoms with Crippen LogP contribution >= 0.6 is 0 Å². The number of ether oxygens (including phenoxy) is 1. The van der Waals surface area contributed by atoms with Crippen molar-refractivity contribution in [1.29, 1.82) is 0 Å². The minimum absolute atomic E-state index is 0.386. The molecule has 0 aliphatic rings. The Kier molecular flexibility index (Phi) is 5.41. The standard InChI is InChI=1S/C20H23N3O3/c1-4-22(5-2)20(24)26-23-18(13-16-11-12-21-14-19(16)23)15-7-9-17(10-8-15)25-6-3/h7-14H,4-6H2,1-3H3. The second-order valence-corrected chi connectivity index (χ2v) is 5.75. The maximum absolute atomic E-state index is 12.5. The van der Waals surface area contributed by atoms with Gasteiger partial charge in [-0.05, 0) is 57.2 Å². The van der Waals surface area contributed by atoms with E-state index < -0.39 is 0 Å². The summed E-state index contributed by atoms with van der Waals surface area (Å²) >= 11 is 0. The van der Waals surface area contributed by atoms with Crippen LogP contribution in [0.15, 0.2) is 48.8 Å². The zero-order valence-corrected chi connectivity index (χ0v) is 15.3. The Labute approximate surface area is 152 Å². The summed E-state index contributed by atoms with van der Waals surface area (Å²) in [5, 5.41) is 0.955. The van der Waals surface area contributed by atoms with Crippen LogP contribution in [0.1, 0.15) is 20.8 Å². The number of nitrogens with zero attached hydrogens (tertiary/aromatic N) is 3. The molecular formula is C20H23N3O3. The second-order valence-electron chi connectivity index (χ2n) is 5.75. The van der Waals surface area contributed by atoms with Crippen molar-refractivity contribution < 1.29 is 14.4 Å². The lowest BCUT2D eigenvalue weighted by Crippen LogP contribution is -2.36. The van der Waals surface area contributed by atoms with Crippen molar-refractivity contribution in [3.05, 3.63) is 48.8 Å². The van der Waals surface area contributed by atoms with E-state index in [1.165, 1.54) is 0 Å². The van der Waals surface area contributed by atoms with Crippen LogP contribution in [0.4, 0.5) is 4.79 Å². The molecule has 0 radical (unpaired) electrons. The third-order valence-corrected chi connectivity index (χ3v) is 4.21. The maximum atomic E-state index is 12.5. The highest BCUT2D eigenvalue weighted by molar-refractivity contribution is 5.86. The Hall–Kier alpha value is -3.02. The molecule has 6 nitrogen and oxygen atoms in total. The van der Waals surface area contributed by atoms with Gasteiger partial charge in [0, 0.05) is 30.2 Å². The molecular weight excluding hydrogens is 330 g/mol. The average Bonchev–Trinajstić information content (AvgIpc) is 3.02. The van der Waals surface area contributed by atoms with Gasteiger partial charge in [-0.25, -0.2) is 4.79 Å². The largest absolute Gasteiger partial charge is 0.494 e. The molecule has 6 heteroatoms. The zero-order chi connectivity index (χ0) is 18.5. The molecule has 0 aliphatic carbocycles. The molecule has 2 heterocycles. The van der Waals surface area contributed by atoms with Crippen LogP contribution in [-0.2, 0) is 0 Å². The number of hydrogen-bond acceptors (Lipinski definition) is 4. The van der Waals surface area contributed by atoms with Gasteiger partial charge >= 0.3 is 6.09 Å². The molecule has 0 bridgehead atoms. The first-order valence-electron chi connectivity index (χ1n) is 8.83. The lowest BCUT2D eigenvalue weighted by atomic mass is 10.1. The number of pyridine rings is 1. The van der Waals surface area contributed by atoms with Gasteiger partial charge in [0.2, 0.25) is 0 Å². The summed E-state index contributed by atoms with van der Waals surface area (Å²) in [6, 6.07) is 11.6. The minimum Gasteiger partial charge on any atom is -0.494 e. The summed E-state index contributed by atoms with van der Waals surface area (Å²) < 4.78 is 7.06. The predicted octanol–water partition coefficient (Wildman–Crippen LogP) is 3.99. The molecule has 2 aromatic heterocycles. The fraction of sp³-hybridized carbons (Fsp3) is 0.300. The van der Waals surface area contributed by atoms with Crippen molar-refractivity contribution in [1.82, 2.24) is 14.6 Å². The Bertz CT molecular complexity index is 883. The molecule has 0 saturated carbocycles. The quantitative estimate of drug-likeness (QED) is 0.672.